The molecule has 0 aromatic carbocycles. The van der Waals surface area contributed by atoms with Gasteiger partial charge in [0.05, 0.1) is 10.9 Å². The molecule has 1 atom stereocenters. The first-order valence-electron chi connectivity index (χ1n) is 11.4. The van der Waals surface area contributed by atoms with Gasteiger partial charge in [-0.1, -0.05) is 0 Å². The van der Waals surface area contributed by atoms with Crippen LogP contribution in [0.15, 0.2) is 18.5 Å². The van der Waals surface area contributed by atoms with Crippen molar-refractivity contribution in [1.29, 1.82) is 0 Å². The van der Waals surface area contributed by atoms with E-state index in [9.17, 15) is 4.79 Å². The fourth-order valence-electron chi connectivity index (χ4n) is 4.29. The quantitative estimate of drug-likeness (QED) is 0.463. The standard InChI is InChI=1S/C23H30N4O3S2/c1-23(2,3)30-22(28)26-9-7-15(8-10-26)17-12-18-21(31-17)25-20(32-18)16-13-24-27(14-16)19-6-4-5-11-29-19/h12-15,19H,4-11H2,1-3H3. The van der Waals surface area contributed by atoms with Crippen LogP contribution in [0.2, 0.25) is 0 Å². The lowest BCUT2D eigenvalue weighted by atomic mass is 9.95. The average molecular weight is 475 g/mol. The first kappa shape index (κ1) is 21.9. The van der Waals surface area contributed by atoms with Crippen LogP contribution < -0.4 is 0 Å². The SMILES string of the molecule is CC(C)(C)OC(=O)N1CCC(c2cc3sc(-c4cnn(C5CCCCO5)c4)nc3s2)CC1. The Kier molecular flexibility index (Phi) is 5.98. The largest absolute Gasteiger partial charge is 0.444 e. The molecule has 0 aliphatic carbocycles. The van der Waals surface area contributed by atoms with E-state index in [-0.39, 0.29) is 12.3 Å². The van der Waals surface area contributed by atoms with E-state index in [1.54, 1.807) is 22.7 Å². The summed E-state index contributed by atoms with van der Waals surface area (Å²) in [6.45, 7) is 8.02. The van der Waals surface area contributed by atoms with Crippen LogP contribution in [0.4, 0.5) is 4.79 Å². The fourth-order valence-corrected chi connectivity index (χ4v) is 6.66. The normalized spacial score (nSPS) is 20.7. The molecular weight excluding hydrogens is 444 g/mol. The predicted molar refractivity (Wildman–Crippen MR) is 127 cm³/mol. The highest BCUT2D eigenvalue weighted by molar-refractivity contribution is 7.28. The minimum Gasteiger partial charge on any atom is -0.444 e. The number of thiazole rings is 1. The van der Waals surface area contributed by atoms with E-state index >= 15 is 0 Å². The summed E-state index contributed by atoms with van der Waals surface area (Å²) in [5, 5.41) is 5.54. The van der Waals surface area contributed by atoms with Gasteiger partial charge in [0.25, 0.3) is 0 Å². The average Bonchev–Trinajstić information content (AvgIpc) is 3.48. The van der Waals surface area contributed by atoms with Crippen molar-refractivity contribution in [3.63, 3.8) is 0 Å². The first-order valence-corrected chi connectivity index (χ1v) is 13.0. The highest BCUT2D eigenvalue weighted by atomic mass is 32.1. The maximum atomic E-state index is 12.3. The Labute approximate surface area is 196 Å². The molecule has 172 valence electrons. The molecule has 0 radical (unpaired) electrons. The number of piperidine rings is 1. The number of thiophene rings is 1. The van der Waals surface area contributed by atoms with Crippen molar-refractivity contribution in [1.82, 2.24) is 19.7 Å². The molecule has 5 rings (SSSR count). The lowest BCUT2D eigenvalue weighted by Crippen LogP contribution is -2.41. The fraction of sp³-hybridized carbons (Fsp3) is 0.609. The molecule has 1 amide bonds. The Morgan fingerprint density at radius 2 is 2.00 bits per heavy atom. The van der Waals surface area contributed by atoms with Gasteiger partial charge in [-0.3, -0.25) is 0 Å². The maximum absolute atomic E-state index is 12.3. The van der Waals surface area contributed by atoms with Crippen LogP contribution >= 0.6 is 22.7 Å². The molecule has 5 heterocycles. The summed E-state index contributed by atoms with van der Waals surface area (Å²) in [4.78, 5) is 21.5. The molecule has 2 aliphatic heterocycles. The minimum atomic E-state index is -0.449. The number of aromatic nitrogens is 3. The molecular formula is C23H30N4O3S2. The van der Waals surface area contributed by atoms with Gasteiger partial charge in [0.2, 0.25) is 0 Å². The van der Waals surface area contributed by atoms with Crippen molar-refractivity contribution in [2.75, 3.05) is 19.7 Å². The molecule has 32 heavy (non-hydrogen) atoms. The molecule has 0 spiro atoms. The molecule has 2 fully saturated rings. The Morgan fingerprint density at radius 1 is 1.19 bits per heavy atom. The number of carbonyl (C=O) groups is 1. The number of likely N-dealkylation sites (tertiary alicyclic amines) is 1. The molecule has 9 heteroatoms. The zero-order valence-electron chi connectivity index (χ0n) is 18.9. The summed E-state index contributed by atoms with van der Waals surface area (Å²) in [6, 6.07) is 2.30. The Morgan fingerprint density at radius 3 is 2.69 bits per heavy atom. The van der Waals surface area contributed by atoms with Crippen molar-refractivity contribution in [3.05, 3.63) is 23.3 Å². The van der Waals surface area contributed by atoms with Gasteiger partial charge in [0.15, 0.2) is 0 Å². The summed E-state index contributed by atoms with van der Waals surface area (Å²) in [5.74, 6) is 0.481. The van der Waals surface area contributed by atoms with Crippen molar-refractivity contribution in [2.45, 2.75) is 70.6 Å². The third kappa shape index (κ3) is 4.70. The predicted octanol–water partition coefficient (Wildman–Crippen LogP) is 6.03. The van der Waals surface area contributed by atoms with Gasteiger partial charge in [-0.25, -0.2) is 14.5 Å². The van der Waals surface area contributed by atoms with Crippen LogP contribution in [0.1, 0.15) is 69.9 Å². The van der Waals surface area contributed by atoms with Gasteiger partial charge in [0, 0.05) is 36.3 Å². The van der Waals surface area contributed by atoms with Gasteiger partial charge < -0.3 is 14.4 Å². The molecule has 2 saturated heterocycles. The van der Waals surface area contributed by atoms with Crippen LogP contribution in [-0.2, 0) is 9.47 Å². The first-order chi connectivity index (χ1) is 15.4. The van der Waals surface area contributed by atoms with E-state index in [2.05, 4.69) is 17.4 Å². The van der Waals surface area contributed by atoms with E-state index in [4.69, 9.17) is 14.5 Å². The molecule has 1 unspecified atom stereocenters. The van der Waals surface area contributed by atoms with Gasteiger partial charge >= 0.3 is 6.09 Å². The van der Waals surface area contributed by atoms with Crippen LogP contribution in [0.5, 0.6) is 0 Å². The topological polar surface area (TPSA) is 69.5 Å². The Balaban J connectivity index is 1.23. The van der Waals surface area contributed by atoms with E-state index in [1.165, 1.54) is 16.0 Å². The molecule has 0 saturated carbocycles. The van der Waals surface area contributed by atoms with Crippen LogP contribution in [0.25, 0.3) is 20.1 Å². The number of carbonyl (C=O) groups excluding carboxylic acids is 1. The van der Waals surface area contributed by atoms with Crippen molar-refractivity contribution in [2.24, 2.45) is 0 Å². The third-order valence-corrected chi connectivity index (χ3v) is 8.33. The summed E-state index contributed by atoms with van der Waals surface area (Å²) < 4.78 is 14.5. The maximum Gasteiger partial charge on any atom is 0.410 e. The highest BCUT2D eigenvalue weighted by Crippen LogP contribution is 2.40. The molecule has 0 N–H and O–H groups in total. The number of hydrogen-bond donors (Lipinski definition) is 0. The second kappa shape index (κ2) is 8.76. The van der Waals surface area contributed by atoms with Crippen molar-refractivity contribution >= 4 is 38.3 Å². The van der Waals surface area contributed by atoms with Gasteiger partial charge in [-0.05, 0) is 64.9 Å². The van der Waals surface area contributed by atoms with Gasteiger partial charge in [-0.2, -0.15) is 5.10 Å². The Bertz CT molecular complexity index is 1050. The summed E-state index contributed by atoms with van der Waals surface area (Å²) in [6.07, 6.45) is 9.08. The second-order valence-electron chi connectivity index (χ2n) is 9.61. The lowest BCUT2D eigenvalue weighted by Gasteiger charge is -2.33. The number of amides is 1. The summed E-state index contributed by atoms with van der Waals surface area (Å²) >= 11 is 3.51. The zero-order chi connectivity index (χ0) is 22.3. The molecule has 2 aliphatic rings. The molecule has 7 nitrogen and oxygen atoms in total. The smallest absolute Gasteiger partial charge is 0.410 e. The zero-order valence-corrected chi connectivity index (χ0v) is 20.5. The second-order valence-corrected chi connectivity index (χ2v) is 11.7. The van der Waals surface area contributed by atoms with E-state index in [0.717, 1.165) is 60.8 Å². The van der Waals surface area contributed by atoms with Crippen molar-refractivity contribution < 1.29 is 14.3 Å². The van der Waals surface area contributed by atoms with Crippen LogP contribution in [0.3, 0.4) is 0 Å². The Hall–Kier alpha value is -1.97. The van der Waals surface area contributed by atoms with Crippen molar-refractivity contribution in [3.8, 4) is 10.6 Å². The van der Waals surface area contributed by atoms with Gasteiger partial charge in [0.1, 0.15) is 21.7 Å². The number of ether oxygens (including phenoxy) is 2. The molecule has 3 aromatic heterocycles. The monoisotopic (exact) mass is 474 g/mol. The van der Waals surface area contributed by atoms with Crippen LogP contribution in [0, 0.1) is 0 Å². The molecule has 3 aromatic rings. The van der Waals surface area contributed by atoms with E-state index < -0.39 is 5.60 Å². The third-order valence-electron chi connectivity index (χ3n) is 5.96. The molecule has 0 bridgehead atoms. The number of nitrogens with zero attached hydrogens (tertiary/aromatic N) is 4. The number of fused-ring (bicyclic) bond motifs is 1. The van der Waals surface area contributed by atoms with E-state index in [1.807, 2.05) is 36.5 Å². The van der Waals surface area contributed by atoms with E-state index in [0.29, 0.717) is 5.92 Å². The minimum absolute atomic E-state index is 0.0525. The highest BCUT2D eigenvalue weighted by Gasteiger charge is 2.28. The van der Waals surface area contributed by atoms with Crippen LogP contribution in [-0.4, -0.2) is 51.1 Å². The summed E-state index contributed by atoms with van der Waals surface area (Å²) in [7, 11) is 0. The number of rotatable bonds is 3. The van der Waals surface area contributed by atoms with Gasteiger partial charge in [-0.15, -0.1) is 22.7 Å². The lowest BCUT2D eigenvalue weighted by molar-refractivity contribution is -0.0394. The number of hydrogen-bond acceptors (Lipinski definition) is 7. The summed E-state index contributed by atoms with van der Waals surface area (Å²) in [5.41, 5.74) is 0.606.